The van der Waals surface area contributed by atoms with Crippen molar-refractivity contribution >= 4 is 11.9 Å². The average molecular weight is 277 g/mol. The molecule has 1 aliphatic rings. The fraction of sp³-hybridized carbons (Fsp3) is 0.467. The molecule has 0 bridgehead atoms. The van der Waals surface area contributed by atoms with E-state index in [1.807, 2.05) is 19.9 Å². The Morgan fingerprint density at radius 2 is 1.70 bits per heavy atom. The predicted molar refractivity (Wildman–Crippen MR) is 73.8 cm³/mol. The largest absolute Gasteiger partial charge is 0.480 e. The molecule has 1 heterocycles. The molecule has 1 saturated heterocycles. The minimum Gasteiger partial charge on any atom is -0.480 e. The van der Waals surface area contributed by atoms with Crippen LogP contribution in [-0.4, -0.2) is 35.7 Å². The van der Waals surface area contributed by atoms with Crippen LogP contribution in [0.1, 0.15) is 34.3 Å². The number of carbonyl (C=O) groups excluding carboxylic acids is 1. The van der Waals surface area contributed by atoms with Crippen LogP contribution in [0.2, 0.25) is 0 Å². The number of aryl methyl sites for hydroxylation is 2. The standard InChI is InChI=1S/C15H19NO4/c1-10-7-11(2)9-12(8-10)13(17)16-15(14(18)19)3-5-20-6-4-15/h7-9H,3-6H2,1-2H3,(H,16,17)(H,18,19). The highest BCUT2D eigenvalue weighted by Crippen LogP contribution is 2.22. The first-order valence-electron chi connectivity index (χ1n) is 6.65. The third kappa shape index (κ3) is 2.99. The van der Waals surface area contributed by atoms with Crippen LogP contribution in [0.15, 0.2) is 18.2 Å². The molecule has 0 unspecified atom stereocenters. The number of nitrogens with one attached hydrogen (secondary N) is 1. The molecule has 1 aliphatic heterocycles. The van der Waals surface area contributed by atoms with E-state index < -0.39 is 11.5 Å². The Morgan fingerprint density at radius 3 is 2.20 bits per heavy atom. The van der Waals surface area contributed by atoms with Crippen LogP contribution in [0, 0.1) is 13.8 Å². The van der Waals surface area contributed by atoms with Gasteiger partial charge in [-0.05, 0) is 26.0 Å². The number of aliphatic carboxylic acids is 1. The number of rotatable bonds is 3. The molecule has 1 fully saturated rings. The number of benzene rings is 1. The van der Waals surface area contributed by atoms with Crippen molar-refractivity contribution in [1.29, 1.82) is 0 Å². The minimum absolute atomic E-state index is 0.291. The third-order valence-electron chi connectivity index (χ3n) is 3.59. The maximum Gasteiger partial charge on any atom is 0.329 e. The van der Waals surface area contributed by atoms with E-state index in [2.05, 4.69) is 5.32 Å². The van der Waals surface area contributed by atoms with Crippen molar-refractivity contribution in [1.82, 2.24) is 5.32 Å². The van der Waals surface area contributed by atoms with E-state index in [-0.39, 0.29) is 5.91 Å². The molecular weight excluding hydrogens is 258 g/mol. The Balaban J connectivity index is 2.22. The molecule has 2 rings (SSSR count). The van der Waals surface area contributed by atoms with Crippen LogP contribution in [0.5, 0.6) is 0 Å². The molecule has 1 aromatic rings. The molecule has 0 radical (unpaired) electrons. The molecule has 0 saturated carbocycles. The summed E-state index contributed by atoms with van der Waals surface area (Å²) in [6.07, 6.45) is 0.581. The van der Waals surface area contributed by atoms with Gasteiger partial charge in [-0.25, -0.2) is 4.79 Å². The number of ether oxygens (including phenoxy) is 1. The zero-order valence-corrected chi connectivity index (χ0v) is 11.7. The number of hydrogen-bond acceptors (Lipinski definition) is 3. The summed E-state index contributed by atoms with van der Waals surface area (Å²) >= 11 is 0. The second-order valence-electron chi connectivity index (χ2n) is 5.33. The predicted octanol–water partition coefficient (Wildman–Crippen LogP) is 1.67. The van der Waals surface area contributed by atoms with Crippen molar-refractivity contribution in [2.24, 2.45) is 0 Å². The molecule has 1 amide bonds. The van der Waals surface area contributed by atoms with Crippen LogP contribution >= 0.6 is 0 Å². The Morgan fingerprint density at radius 1 is 1.15 bits per heavy atom. The maximum absolute atomic E-state index is 12.3. The smallest absolute Gasteiger partial charge is 0.329 e. The van der Waals surface area contributed by atoms with Crippen molar-refractivity contribution in [3.8, 4) is 0 Å². The molecule has 0 atom stereocenters. The summed E-state index contributed by atoms with van der Waals surface area (Å²) in [4.78, 5) is 23.8. The van der Waals surface area contributed by atoms with Gasteiger partial charge < -0.3 is 15.2 Å². The lowest BCUT2D eigenvalue weighted by atomic mass is 9.89. The number of carbonyl (C=O) groups is 2. The van der Waals surface area contributed by atoms with Crippen molar-refractivity contribution in [2.45, 2.75) is 32.2 Å². The van der Waals surface area contributed by atoms with Crippen LogP contribution in [0.25, 0.3) is 0 Å². The van der Waals surface area contributed by atoms with Gasteiger partial charge in [-0.1, -0.05) is 17.2 Å². The molecular formula is C15H19NO4. The van der Waals surface area contributed by atoms with Crippen LogP contribution in [0.3, 0.4) is 0 Å². The number of carboxylic acids is 1. The van der Waals surface area contributed by atoms with Gasteiger partial charge in [0.15, 0.2) is 0 Å². The number of carboxylic acid groups (broad SMARTS) is 1. The third-order valence-corrected chi connectivity index (χ3v) is 3.59. The molecule has 1 aromatic carbocycles. The Hall–Kier alpha value is -1.88. The van der Waals surface area contributed by atoms with Crippen molar-refractivity contribution in [2.75, 3.05) is 13.2 Å². The Labute approximate surface area is 117 Å². The SMILES string of the molecule is Cc1cc(C)cc(C(=O)NC2(C(=O)O)CCOCC2)c1. The van der Waals surface area contributed by atoms with Crippen molar-refractivity contribution in [3.05, 3.63) is 34.9 Å². The van der Waals surface area contributed by atoms with Crippen molar-refractivity contribution < 1.29 is 19.4 Å². The Kier molecular flexibility index (Phi) is 4.09. The topological polar surface area (TPSA) is 75.6 Å². The summed E-state index contributed by atoms with van der Waals surface area (Å²) in [5, 5.41) is 12.1. The average Bonchev–Trinajstić information content (AvgIpc) is 2.38. The summed E-state index contributed by atoms with van der Waals surface area (Å²) in [6.45, 7) is 4.51. The van der Waals surface area contributed by atoms with E-state index in [9.17, 15) is 14.7 Å². The molecule has 5 heteroatoms. The van der Waals surface area contributed by atoms with E-state index >= 15 is 0 Å². The lowest BCUT2D eigenvalue weighted by Gasteiger charge is -2.33. The first-order valence-corrected chi connectivity index (χ1v) is 6.65. The number of hydrogen-bond donors (Lipinski definition) is 2. The van der Waals surface area contributed by atoms with Crippen LogP contribution in [0.4, 0.5) is 0 Å². The van der Waals surface area contributed by atoms with E-state index in [1.54, 1.807) is 12.1 Å². The van der Waals surface area contributed by atoms with Gasteiger partial charge >= 0.3 is 5.97 Å². The van der Waals surface area contributed by atoms with E-state index in [0.717, 1.165) is 11.1 Å². The Bertz CT molecular complexity index is 512. The molecule has 5 nitrogen and oxygen atoms in total. The first-order chi connectivity index (χ1) is 9.43. The van der Waals surface area contributed by atoms with E-state index in [1.165, 1.54) is 0 Å². The fourth-order valence-corrected chi connectivity index (χ4v) is 2.51. The highest BCUT2D eigenvalue weighted by Gasteiger charge is 2.41. The fourth-order valence-electron chi connectivity index (χ4n) is 2.51. The normalized spacial score (nSPS) is 17.5. The quantitative estimate of drug-likeness (QED) is 0.881. The summed E-state index contributed by atoms with van der Waals surface area (Å²) in [5.41, 5.74) is 1.24. The monoisotopic (exact) mass is 277 g/mol. The lowest BCUT2D eigenvalue weighted by Crippen LogP contribution is -2.57. The molecule has 0 aliphatic carbocycles. The van der Waals surface area contributed by atoms with Gasteiger partial charge in [-0.15, -0.1) is 0 Å². The lowest BCUT2D eigenvalue weighted by molar-refractivity contribution is -0.148. The van der Waals surface area contributed by atoms with Gasteiger partial charge in [0.25, 0.3) is 5.91 Å². The van der Waals surface area contributed by atoms with E-state index in [0.29, 0.717) is 31.6 Å². The summed E-state index contributed by atoms with van der Waals surface area (Å²) < 4.78 is 5.19. The van der Waals surface area contributed by atoms with Gasteiger partial charge in [0, 0.05) is 31.6 Å². The summed E-state index contributed by atoms with van der Waals surface area (Å²) in [5.74, 6) is -1.35. The number of amides is 1. The zero-order valence-electron chi connectivity index (χ0n) is 11.7. The highest BCUT2D eigenvalue weighted by molar-refractivity contribution is 5.98. The van der Waals surface area contributed by atoms with Gasteiger partial charge in [0.05, 0.1) is 0 Å². The summed E-state index contributed by atoms with van der Waals surface area (Å²) in [7, 11) is 0. The highest BCUT2D eigenvalue weighted by atomic mass is 16.5. The maximum atomic E-state index is 12.3. The van der Waals surface area contributed by atoms with E-state index in [4.69, 9.17) is 4.74 Å². The van der Waals surface area contributed by atoms with Gasteiger partial charge in [-0.2, -0.15) is 0 Å². The van der Waals surface area contributed by atoms with Crippen LogP contribution in [-0.2, 0) is 9.53 Å². The molecule has 20 heavy (non-hydrogen) atoms. The molecule has 108 valence electrons. The second-order valence-corrected chi connectivity index (χ2v) is 5.33. The van der Waals surface area contributed by atoms with Gasteiger partial charge in [-0.3, -0.25) is 4.79 Å². The zero-order chi connectivity index (χ0) is 14.8. The first kappa shape index (κ1) is 14.5. The molecule has 0 aromatic heterocycles. The second kappa shape index (κ2) is 5.63. The summed E-state index contributed by atoms with van der Waals surface area (Å²) in [6, 6.07) is 5.49. The molecule has 2 N–H and O–H groups in total. The molecule has 0 spiro atoms. The van der Waals surface area contributed by atoms with Crippen molar-refractivity contribution in [3.63, 3.8) is 0 Å². The van der Waals surface area contributed by atoms with Crippen LogP contribution < -0.4 is 5.32 Å². The minimum atomic E-state index is -1.22. The van der Waals surface area contributed by atoms with Gasteiger partial charge in [0.2, 0.25) is 0 Å². The van der Waals surface area contributed by atoms with Gasteiger partial charge in [0.1, 0.15) is 5.54 Å².